The second kappa shape index (κ2) is 8.24. The number of anilines is 1. The fourth-order valence-electron chi connectivity index (χ4n) is 2.14. The molecule has 9 heteroatoms. The lowest BCUT2D eigenvalue weighted by molar-refractivity contribution is -0.135. The number of rotatable bonds is 8. The van der Waals surface area contributed by atoms with Gasteiger partial charge in [0.05, 0.1) is 11.1 Å². The van der Waals surface area contributed by atoms with Crippen molar-refractivity contribution < 1.29 is 23.1 Å². The second-order valence-electron chi connectivity index (χ2n) is 5.30. The molecule has 7 nitrogen and oxygen atoms in total. The third-order valence-corrected chi connectivity index (χ3v) is 5.08. The number of carbonyl (C=O) groups is 2. The van der Waals surface area contributed by atoms with Crippen molar-refractivity contribution in [2.45, 2.75) is 6.42 Å². The Labute approximate surface area is 150 Å². The maximum atomic E-state index is 12.7. The molecule has 1 heterocycles. The van der Waals surface area contributed by atoms with Crippen LogP contribution in [-0.4, -0.2) is 44.7 Å². The Morgan fingerprint density at radius 1 is 1.16 bits per heavy atom. The highest BCUT2D eigenvalue weighted by Crippen LogP contribution is 2.22. The van der Waals surface area contributed by atoms with Crippen LogP contribution in [0.1, 0.15) is 14.5 Å². The largest absolute Gasteiger partial charge is 0.480 e. The first-order valence-corrected chi connectivity index (χ1v) is 10.1. The molecule has 0 spiro atoms. The molecule has 1 aromatic heterocycles. The first kappa shape index (κ1) is 19.1. The summed E-state index contributed by atoms with van der Waals surface area (Å²) in [5, 5.41) is 9.08. The molecule has 1 amide bonds. The van der Waals surface area contributed by atoms with Gasteiger partial charge in [-0.15, -0.1) is 11.3 Å². The highest BCUT2D eigenvalue weighted by atomic mass is 32.2. The van der Waals surface area contributed by atoms with E-state index in [9.17, 15) is 18.0 Å². The lowest BCUT2D eigenvalue weighted by Gasteiger charge is -2.20. The fourth-order valence-corrected chi connectivity index (χ4v) is 3.57. The number of thiophene rings is 1. The summed E-state index contributed by atoms with van der Waals surface area (Å²) in [6.45, 7) is -0.198. The van der Waals surface area contributed by atoms with Crippen LogP contribution in [0.3, 0.4) is 0 Å². The number of sulfonamides is 1. The van der Waals surface area contributed by atoms with E-state index in [2.05, 4.69) is 4.72 Å². The lowest BCUT2D eigenvalue weighted by Crippen LogP contribution is -2.35. The zero-order valence-electron chi connectivity index (χ0n) is 13.5. The van der Waals surface area contributed by atoms with Gasteiger partial charge in [0.2, 0.25) is 10.0 Å². The summed E-state index contributed by atoms with van der Waals surface area (Å²) >= 11 is 1.22. The van der Waals surface area contributed by atoms with Gasteiger partial charge in [-0.05, 0) is 30.7 Å². The van der Waals surface area contributed by atoms with Crippen molar-refractivity contribution in [3.05, 3.63) is 52.2 Å². The van der Waals surface area contributed by atoms with Gasteiger partial charge in [-0.2, -0.15) is 0 Å². The SMILES string of the molecule is CS(=O)(=O)NCCc1ccc(C(=O)N(CC(=O)O)c2ccccc2)s1. The van der Waals surface area contributed by atoms with E-state index < -0.39 is 28.4 Å². The predicted molar refractivity (Wildman–Crippen MR) is 96.6 cm³/mol. The minimum Gasteiger partial charge on any atom is -0.480 e. The maximum absolute atomic E-state index is 12.7. The molecule has 0 atom stereocenters. The zero-order valence-corrected chi connectivity index (χ0v) is 15.1. The van der Waals surface area contributed by atoms with Crippen LogP contribution < -0.4 is 9.62 Å². The smallest absolute Gasteiger partial charge is 0.323 e. The maximum Gasteiger partial charge on any atom is 0.323 e. The molecule has 0 aliphatic rings. The number of para-hydroxylation sites is 1. The lowest BCUT2D eigenvalue weighted by atomic mass is 10.2. The summed E-state index contributed by atoms with van der Waals surface area (Å²) in [4.78, 5) is 26.2. The second-order valence-corrected chi connectivity index (χ2v) is 8.30. The van der Waals surface area contributed by atoms with Gasteiger partial charge in [-0.3, -0.25) is 14.5 Å². The van der Waals surface area contributed by atoms with Crippen molar-refractivity contribution >= 4 is 38.9 Å². The first-order chi connectivity index (χ1) is 11.8. The molecule has 25 heavy (non-hydrogen) atoms. The standard InChI is InChI=1S/C16H18N2O5S2/c1-25(22,23)17-10-9-13-7-8-14(24-13)16(21)18(11-15(19)20)12-5-3-2-4-6-12/h2-8,17H,9-11H2,1H3,(H,19,20). The number of nitrogens with one attached hydrogen (secondary N) is 1. The van der Waals surface area contributed by atoms with Gasteiger partial charge >= 0.3 is 5.97 Å². The van der Waals surface area contributed by atoms with Crippen LogP contribution in [-0.2, 0) is 21.2 Å². The number of amides is 1. The van der Waals surface area contributed by atoms with Crippen molar-refractivity contribution in [3.63, 3.8) is 0 Å². The number of hydrogen-bond acceptors (Lipinski definition) is 5. The van der Waals surface area contributed by atoms with Crippen molar-refractivity contribution in [2.75, 3.05) is 24.2 Å². The van der Waals surface area contributed by atoms with Crippen molar-refractivity contribution in [3.8, 4) is 0 Å². The van der Waals surface area contributed by atoms with Crippen molar-refractivity contribution in [1.29, 1.82) is 0 Å². The average molecular weight is 382 g/mol. The third-order valence-electron chi connectivity index (χ3n) is 3.21. The highest BCUT2D eigenvalue weighted by molar-refractivity contribution is 7.88. The molecule has 0 bridgehead atoms. The average Bonchev–Trinajstić information content (AvgIpc) is 3.00. The van der Waals surface area contributed by atoms with E-state index in [4.69, 9.17) is 5.11 Å². The predicted octanol–water partition coefficient (Wildman–Crippen LogP) is 1.57. The van der Waals surface area contributed by atoms with E-state index in [1.54, 1.807) is 42.5 Å². The Morgan fingerprint density at radius 3 is 2.44 bits per heavy atom. The number of carboxylic acids is 1. The van der Waals surface area contributed by atoms with Crippen LogP contribution in [0, 0.1) is 0 Å². The molecule has 0 aliphatic heterocycles. The van der Waals surface area contributed by atoms with E-state index in [0.29, 0.717) is 17.0 Å². The van der Waals surface area contributed by atoms with Gasteiger partial charge in [0.1, 0.15) is 6.54 Å². The van der Waals surface area contributed by atoms with E-state index >= 15 is 0 Å². The Bertz CT molecular complexity index is 846. The van der Waals surface area contributed by atoms with Crippen LogP contribution in [0.2, 0.25) is 0 Å². The zero-order chi connectivity index (χ0) is 18.4. The molecule has 0 aliphatic carbocycles. The molecule has 0 saturated carbocycles. The minimum atomic E-state index is -3.25. The normalized spacial score (nSPS) is 11.2. The molecule has 2 rings (SSSR count). The summed E-state index contributed by atoms with van der Waals surface area (Å²) in [5.41, 5.74) is 0.503. The molecule has 134 valence electrons. The van der Waals surface area contributed by atoms with Gasteiger partial charge in [-0.25, -0.2) is 13.1 Å². The van der Waals surface area contributed by atoms with Gasteiger partial charge in [-0.1, -0.05) is 18.2 Å². The molecule has 2 aromatic rings. The van der Waals surface area contributed by atoms with Crippen molar-refractivity contribution in [1.82, 2.24) is 4.72 Å². The van der Waals surface area contributed by atoms with E-state index in [1.807, 2.05) is 0 Å². The Hall–Kier alpha value is -2.23. The monoisotopic (exact) mass is 382 g/mol. The van der Waals surface area contributed by atoms with Gasteiger partial charge in [0, 0.05) is 17.1 Å². The van der Waals surface area contributed by atoms with Crippen molar-refractivity contribution in [2.24, 2.45) is 0 Å². The molecule has 0 radical (unpaired) electrons. The molecule has 1 aromatic carbocycles. The Kier molecular flexibility index (Phi) is 6.29. The first-order valence-electron chi connectivity index (χ1n) is 7.38. The summed E-state index contributed by atoms with van der Waals surface area (Å²) in [7, 11) is -3.25. The molecular formula is C16H18N2O5S2. The third kappa shape index (κ3) is 5.96. The van der Waals surface area contributed by atoms with E-state index in [0.717, 1.165) is 11.1 Å². The van der Waals surface area contributed by atoms with Crippen LogP contribution in [0.5, 0.6) is 0 Å². The Morgan fingerprint density at radius 2 is 1.84 bits per heavy atom. The molecular weight excluding hydrogens is 364 g/mol. The minimum absolute atomic E-state index is 0.241. The van der Waals surface area contributed by atoms with Crippen LogP contribution >= 0.6 is 11.3 Å². The Balaban J connectivity index is 2.13. The quantitative estimate of drug-likeness (QED) is 0.721. The number of carbonyl (C=O) groups excluding carboxylic acids is 1. The topological polar surface area (TPSA) is 104 Å². The van der Waals surface area contributed by atoms with Crippen LogP contribution in [0.25, 0.3) is 0 Å². The highest BCUT2D eigenvalue weighted by Gasteiger charge is 2.21. The van der Waals surface area contributed by atoms with E-state index in [1.165, 1.54) is 16.2 Å². The van der Waals surface area contributed by atoms with Gasteiger partial charge in [0.15, 0.2) is 0 Å². The summed E-state index contributed by atoms with van der Waals surface area (Å²) in [5.74, 6) is -1.51. The molecule has 0 unspecified atom stereocenters. The number of benzene rings is 1. The summed E-state index contributed by atoms with van der Waals surface area (Å²) in [6.07, 6.45) is 1.54. The van der Waals surface area contributed by atoms with Gasteiger partial charge < -0.3 is 5.11 Å². The number of nitrogens with zero attached hydrogens (tertiary/aromatic N) is 1. The van der Waals surface area contributed by atoms with E-state index in [-0.39, 0.29) is 6.54 Å². The fraction of sp³-hybridized carbons (Fsp3) is 0.250. The number of hydrogen-bond donors (Lipinski definition) is 2. The van der Waals surface area contributed by atoms with Crippen LogP contribution in [0.15, 0.2) is 42.5 Å². The van der Waals surface area contributed by atoms with Gasteiger partial charge in [0.25, 0.3) is 5.91 Å². The summed E-state index contributed by atoms with van der Waals surface area (Å²) in [6, 6.07) is 12.0. The summed E-state index contributed by atoms with van der Waals surface area (Å²) < 4.78 is 24.5. The number of aliphatic carboxylic acids is 1. The molecule has 0 fully saturated rings. The van der Waals surface area contributed by atoms with Crippen LogP contribution in [0.4, 0.5) is 5.69 Å². The molecule has 2 N–H and O–H groups in total. The molecule has 0 saturated heterocycles. The number of carboxylic acid groups (broad SMARTS) is 1.